The van der Waals surface area contributed by atoms with E-state index < -0.39 is 0 Å². The Bertz CT molecular complexity index is 396. The molecule has 0 aliphatic heterocycles. The molecule has 1 rings (SSSR count). The summed E-state index contributed by atoms with van der Waals surface area (Å²) in [5.74, 6) is 0. The standard InChI is InChI=1S/C11H16BrN3O2/c1-14(2)6-5-13-8-9-3-4-10(12)7-11(9)15(16)17/h3-4,7,13H,5-6,8H2,1-2H3. The molecule has 0 heterocycles. The van der Waals surface area contributed by atoms with Crippen molar-refractivity contribution in [1.82, 2.24) is 10.2 Å². The molecule has 0 amide bonds. The summed E-state index contributed by atoms with van der Waals surface area (Å²) in [6.45, 7) is 2.22. The second kappa shape index (κ2) is 6.68. The number of nitro benzene ring substituents is 1. The molecule has 0 radical (unpaired) electrons. The minimum absolute atomic E-state index is 0.150. The predicted octanol–water partition coefficient (Wildman–Crippen LogP) is 2.01. The number of hydrogen-bond acceptors (Lipinski definition) is 4. The van der Waals surface area contributed by atoms with Crippen molar-refractivity contribution < 1.29 is 4.92 Å². The van der Waals surface area contributed by atoms with Crippen molar-refractivity contribution in [1.29, 1.82) is 0 Å². The van der Waals surface area contributed by atoms with Crippen molar-refractivity contribution >= 4 is 21.6 Å². The van der Waals surface area contributed by atoms with Gasteiger partial charge in [-0.1, -0.05) is 15.9 Å². The zero-order valence-corrected chi connectivity index (χ0v) is 11.5. The monoisotopic (exact) mass is 301 g/mol. The SMILES string of the molecule is CN(C)CCNCc1ccc(Br)cc1[N+](=O)[O-]. The van der Waals surface area contributed by atoms with Gasteiger partial charge in [0, 0.05) is 35.7 Å². The van der Waals surface area contributed by atoms with Gasteiger partial charge in [-0.25, -0.2) is 0 Å². The van der Waals surface area contributed by atoms with Crippen molar-refractivity contribution in [3.8, 4) is 0 Å². The Morgan fingerprint density at radius 2 is 2.18 bits per heavy atom. The third kappa shape index (κ3) is 4.80. The minimum Gasteiger partial charge on any atom is -0.311 e. The maximum Gasteiger partial charge on any atom is 0.275 e. The van der Waals surface area contributed by atoms with E-state index >= 15 is 0 Å². The van der Waals surface area contributed by atoms with Gasteiger partial charge < -0.3 is 10.2 Å². The van der Waals surface area contributed by atoms with E-state index in [-0.39, 0.29) is 10.6 Å². The Labute approximate surface area is 109 Å². The number of hydrogen-bond donors (Lipinski definition) is 1. The number of nitro groups is 1. The van der Waals surface area contributed by atoms with Crippen LogP contribution in [0, 0.1) is 10.1 Å². The summed E-state index contributed by atoms with van der Waals surface area (Å²) in [5.41, 5.74) is 0.855. The van der Waals surface area contributed by atoms with Crippen LogP contribution in [0.15, 0.2) is 22.7 Å². The van der Waals surface area contributed by atoms with E-state index in [0.29, 0.717) is 12.1 Å². The maximum absolute atomic E-state index is 10.9. The van der Waals surface area contributed by atoms with Crippen molar-refractivity contribution in [2.45, 2.75) is 6.54 Å². The molecule has 6 heteroatoms. The van der Waals surface area contributed by atoms with Crippen LogP contribution in [-0.4, -0.2) is 37.0 Å². The molecule has 0 bridgehead atoms. The number of nitrogens with zero attached hydrogens (tertiary/aromatic N) is 2. The van der Waals surface area contributed by atoms with Crippen LogP contribution in [0.1, 0.15) is 5.56 Å². The number of rotatable bonds is 6. The first-order valence-electron chi connectivity index (χ1n) is 5.29. The highest BCUT2D eigenvalue weighted by atomic mass is 79.9. The number of benzene rings is 1. The van der Waals surface area contributed by atoms with E-state index in [9.17, 15) is 10.1 Å². The lowest BCUT2D eigenvalue weighted by atomic mass is 10.2. The van der Waals surface area contributed by atoms with Gasteiger partial charge in [0.05, 0.1) is 4.92 Å². The molecular formula is C11H16BrN3O2. The summed E-state index contributed by atoms with van der Waals surface area (Å²) in [4.78, 5) is 12.6. The molecule has 0 aromatic heterocycles. The fraction of sp³-hybridized carbons (Fsp3) is 0.455. The Hall–Kier alpha value is -0.980. The zero-order valence-electron chi connectivity index (χ0n) is 9.94. The molecule has 1 aromatic carbocycles. The third-order valence-corrected chi connectivity index (χ3v) is 2.79. The van der Waals surface area contributed by atoms with Crippen molar-refractivity contribution in [3.05, 3.63) is 38.3 Å². The van der Waals surface area contributed by atoms with Crippen molar-refractivity contribution in [2.24, 2.45) is 0 Å². The summed E-state index contributed by atoms with van der Waals surface area (Å²) < 4.78 is 0.723. The molecule has 1 N–H and O–H groups in total. The van der Waals surface area contributed by atoms with Crippen LogP contribution in [0.3, 0.4) is 0 Å². The first-order chi connectivity index (χ1) is 8.00. The second-order valence-corrected chi connectivity index (χ2v) is 4.93. The highest BCUT2D eigenvalue weighted by Crippen LogP contribution is 2.23. The summed E-state index contributed by atoms with van der Waals surface area (Å²) in [5, 5.41) is 14.0. The Morgan fingerprint density at radius 1 is 1.47 bits per heavy atom. The Balaban J connectivity index is 2.61. The van der Waals surface area contributed by atoms with Crippen LogP contribution in [-0.2, 0) is 6.54 Å². The summed E-state index contributed by atoms with van der Waals surface area (Å²) in [7, 11) is 3.98. The van der Waals surface area contributed by atoms with Crippen LogP contribution >= 0.6 is 15.9 Å². The average Bonchev–Trinajstić information content (AvgIpc) is 2.25. The molecule has 5 nitrogen and oxygen atoms in total. The predicted molar refractivity (Wildman–Crippen MR) is 71.1 cm³/mol. The molecule has 0 saturated heterocycles. The van der Waals surface area contributed by atoms with E-state index in [4.69, 9.17) is 0 Å². The largest absolute Gasteiger partial charge is 0.311 e. The van der Waals surface area contributed by atoms with Gasteiger partial charge in [0.1, 0.15) is 0 Å². The lowest BCUT2D eigenvalue weighted by Gasteiger charge is -2.10. The minimum atomic E-state index is -0.353. The van der Waals surface area contributed by atoms with Gasteiger partial charge in [-0.3, -0.25) is 10.1 Å². The van der Waals surface area contributed by atoms with E-state index in [0.717, 1.165) is 17.6 Å². The first-order valence-corrected chi connectivity index (χ1v) is 6.08. The summed E-state index contributed by atoms with van der Waals surface area (Å²) in [6, 6.07) is 5.11. The second-order valence-electron chi connectivity index (χ2n) is 4.01. The van der Waals surface area contributed by atoms with Crippen LogP contribution < -0.4 is 5.32 Å². The highest BCUT2D eigenvalue weighted by Gasteiger charge is 2.13. The van der Waals surface area contributed by atoms with E-state index in [1.54, 1.807) is 6.07 Å². The molecule has 1 aromatic rings. The topological polar surface area (TPSA) is 58.4 Å². The van der Waals surface area contributed by atoms with Gasteiger partial charge in [0.25, 0.3) is 5.69 Å². The van der Waals surface area contributed by atoms with Gasteiger partial charge in [0.2, 0.25) is 0 Å². The van der Waals surface area contributed by atoms with Crippen LogP contribution in [0.5, 0.6) is 0 Å². The van der Waals surface area contributed by atoms with E-state index in [1.807, 2.05) is 20.2 Å². The molecule has 0 atom stereocenters. The van der Waals surface area contributed by atoms with Crippen LogP contribution in [0.4, 0.5) is 5.69 Å². The smallest absolute Gasteiger partial charge is 0.275 e. The zero-order chi connectivity index (χ0) is 12.8. The normalized spacial score (nSPS) is 10.8. The van der Waals surface area contributed by atoms with Crippen molar-refractivity contribution in [2.75, 3.05) is 27.2 Å². The molecule has 94 valence electrons. The van der Waals surface area contributed by atoms with E-state index in [1.165, 1.54) is 6.07 Å². The van der Waals surface area contributed by atoms with Gasteiger partial charge in [0.15, 0.2) is 0 Å². The summed E-state index contributed by atoms with van der Waals surface area (Å²) >= 11 is 3.23. The molecular weight excluding hydrogens is 286 g/mol. The molecule has 0 spiro atoms. The number of likely N-dealkylation sites (N-methyl/N-ethyl adjacent to an activating group) is 1. The highest BCUT2D eigenvalue weighted by molar-refractivity contribution is 9.10. The fourth-order valence-electron chi connectivity index (χ4n) is 1.38. The van der Waals surface area contributed by atoms with Gasteiger partial charge >= 0.3 is 0 Å². The number of nitrogens with one attached hydrogen (secondary N) is 1. The molecule has 0 saturated carbocycles. The quantitative estimate of drug-likeness (QED) is 0.496. The Morgan fingerprint density at radius 3 is 2.76 bits per heavy atom. The number of halogens is 1. The molecule has 17 heavy (non-hydrogen) atoms. The van der Waals surface area contributed by atoms with Crippen LogP contribution in [0.2, 0.25) is 0 Å². The van der Waals surface area contributed by atoms with Gasteiger partial charge in [-0.2, -0.15) is 0 Å². The molecule has 0 unspecified atom stereocenters. The van der Waals surface area contributed by atoms with Gasteiger partial charge in [-0.05, 0) is 26.2 Å². The molecule has 0 fully saturated rings. The third-order valence-electron chi connectivity index (χ3n) is 2.30. The fourth-order valence-corrected chi connectivity index (χ4v) is 1.73. The lowest BCUT2D eigenvalue weighted by Crippen LogP contribution is -2.26. The molecule has 0 aliphatic rings. The van der Waals surface area contributed by atoms with Gasteiger partial charge in [-0.15, -0.1) is 0 Å². The maximum atomic E-state index is 10.9. The summed E-state index contributed by atoms with van der Waals surface area (Å²) in [6.07, 6.45) is 0. The van der Waals surface area contributed by atoms with E-state index in [2.05, 4.69) is 26.1 Å². The molecule has 0 aliphatic carbocycles. The van der Waals surface area contributed by atoms with Crippen LogP contribution in [0.25, 0.3) is 0 Å². The average molecular weight is 302 g/mol. The van der Waals surface area contributed by atoms with Crippen molar-refractivity contribution in [3.63, 3.8) is 0 Å². The Kier molecular flexibility index (Phi) is 5.54. The lowest BCUT2D eigenvalue weighted by molar-refractivity contribution is -0.385. The first kappa shape index (κ1) is 14.1.